The largest absolute Gasteiger partial charge is 0.459 e. The SMILES string of the molecule is CC(=O)OCc1nc2ccc(Cl)cn2c(=O)c1I. The lowest BCUT2D eigenvalue weighted by atomic mass is 10.4. The molecule has 0 amide bonds. The van der Waals surface area contributed by atoms with Gasteiger partial charge in [0, 0.05) is 13.1 Å². The normalized spacial score (nSPS) is 10.6. The summed E-state index contributed by atoms with van der Waals surface area (Å²) in [6, 6.07) is 3.28. The average Bonchev–Trinajstić information content (AvgIpc) is 2.32. The standard InChI is InChI=1S/C11H8ClIN2O3/c1-6(16)18-5-8-10(13)11(17)15-4-7(12)2-3-9(15)14-8/h2-4H,5H2,1H3. The Balaban J connectivity index is 2.57. The molecule has 2 heterocycles. The van der Waals surface area contributed by atoms with Crippen molar-refractivity contribution in [3.63, 3.8) is 0 Å². The number of carbonyl (C=O) groups excluding carboxylic acids is 1. The number of nitrogens with zero attached hydrogens (tertiary/aromatic N) is 2. The van der Waals surface area contributed by atoms with Gasteiger partial charge in [0.25, 0.3) is 5.56 Å². The molecular formula is C11H8ClIN2O3. The molecule has 0 bridgehead atoms. The van der Waals surface area contributed by atoms with Gasteiger partial charge in [0.15, 0.2) is 0 Å². The van der Waals surface area contributed by atoms with Crippen molar-refractivity contribution in [2.45, 2.75) is 13.5 Å². The Bertz CT molecular complexity index is 684. The lowest BCUT2D eigenvalue weighted by Gasteiger charge is -2.07. The van der Waals surface area contributed by atoms with Gasteiger partial charge in [0.1, 0.15) is 15.8 Å². The minimum absolute atomic E-state index is 0.0119. The number of halogens is 2. The third-order valence-corrected chi connectivity index (χ3v) is 3.52. The summed E-state index contributed by atoms with van der Waals surface area (Å²) in [7, 11) is 0. The number of aromatic nitrogens is 2. The van der Waals surface area contributed by atoms with Gasteiger partial charge < -0.3 is 4.74 Å². The summed E-state index contributed by atoms with van der Waals surface area (Å²) in [5.74, 6) is -0.413. The summed E-state index contributed by atoms with van der Waals surface area (Å²) in [5.41, 5.74) is 0.676. The first-order valence-corrected chi connectivity index (χ1v) is 6.44. The van der Waals surface area contributed by atoms with Gasteiger partial charge in [0.2, 0.25) is 0 Å². The predicted molar refractivity (Wildman–Crippen MR) is 74.7 cm³/mol. The number of fused-ring (bicyclic) bond motifs is 1. The Morgan fingerprint density at radius 3 is 2.94 bits per heavy atom. The fourth-order valence-electron chi connectivity index (χ4n) is 1.40. The molecule has 0 spiro atoms. The van der Waals surface area contributed by atoms with E-state index in [1.54, 1.807) is 12.1 Å². The third kappa shape index (κ3) is 2.64. The average molecular weight is 379 g/mol. The van der Waals surface area contributed by atoms with Crippen LogP contribution in [-0.2, 0) is 16.1 Å². The van der Waals surface area contributed by atoms with Crippen molar-refractivity contribution in [1.29, 1.82) is 0 Å². The molecule has 0 aliphatic heterocycles. The van der Waals surface area contributed by atoms with Gasteiger partial charge in [-0.3, -0.25) is 14.0 Å². The first-order chi connectivity index (χ1) is 8.49. The van der Waals surface area contributed by atoms with E-state index in [1.165, 1.54) is 17.5 Å². The van der Waals surface area contributed by atoms with Gasteiger partial charge in [-0.2, -0.15) is 0 Å². The van der Waals surface area contributed by atoms with E-state index in [-0.39, 0.29) is 12.2 Å². The number of pyridine rings is 1. The Morgan fingerprint density at radius 1 is 1.56 bits per heavy atom. The second-order valence-corrected chi connectivity index (χ2v) is 5.05. The van der Waals surface area contributed by atoms with E-state index in [9.17, 15) is 9.59 Å². The summed E-state index contributed by atoms with van der Waals surface area (Å²) in [5, 5.41) is 0.454. The van der Waals surface area contributed by atoms with Crippen molar-refractivity contribution in [1.82, 2.24) is 9.38 Å². The van der Waals surface area contributed by atoms with Crippen molar-refractivity contribution < 1.29 is 9.53 Å². The third-order valence-electron chi connectivity index (χ3n) is 2.21. The molecule has 2 aromatic heterocycles. The molecule has 18 heavy (non-hydrogen) atoms. The monoisotopic (exact) mass is 378 g/mol. The van der Waals surface area contributed by atoms with Gasteiger partial charge in [-0.15, -0.1) is 0 Å². The Hall–Kier alpha value is -1.15. The number of hydrogen-bond acceptors (Lipinski definition) is 4. The van der Waals surface area contributed by atoms with Crippen molar-refractivity contribution in [3.05, 3.63) is 43.0 Å². The van der Waals surface area contributed by atoms with Crippen molar-refractivity contribution in [3.8, 4) is 0 Å². The smallest absolute Gasteiger partial charge is 0.303 e. The Kier molecular flexibility index (Phi) is 3.86. The van der Waals surface area contributed by atoms with Gasteiger partial charge in [-0.1, -0.05) is 11.6 Å². The minimum atomic E-state index is -0.413. The van der Waals surface area contributed by atoms with Crippen LogP contribution in [0.25, 0.3) is 5.65 Å². The quantitative estimate of drug-likeness (QED) is 0.592. The molecule has 5 nitrogen and oxygen atoms in total. The van der Waals surface area contributed by atoms with E-state index in [1.807, 2.05) is 22.6 Å². The van der Waals surface area contributed by atoms with Gasteiger partial charge in [-0.05, 0) is 34.7 Å². The Labute approximate surface area is 121 Å². The molecule has 0 radical (unpaired) electrons. The van der Waals surface area contributed by atoms with Crippen LogP contribution in [0.4, 0.5) is 0 Å². The molecule has 0 saturated heterocycles. The molecule has 0 unspecified atom stereocenters. The molecular weight excluding hydrogens is 370 g/mol. The van der Waals surface area contributed by atoms with Crippen molar-refractivity contribution >= 4 is 45.8 Å². The summed E-state index contributed by atoms with van der Waals surface area (Å²) in [6.07, 6.45) is 1.50. The summed E-state index contributed by atoms with van der Waals surface area (Å²) in [6.45, 7) is 1.29. The zero-order valence-electron chi connectivity index (χ0n) is 9.31. The molecule has 0 aliphatic rings. The number of ether oxygens (including phenoxy) is 1. The van der Waals surface area contributed by atoms with Crippen LogP contribution >= 0.6 is 34.2 Å². The van der Waals surface area contributed by atoms with Crippen LogP contribution in [0.5, 0.6) is 0 Å². The van der Waals surface area contributed by atoms with Gasteiger partial charge in [-0.25, -0.2) is 4.98 Å². The van der Waals surface area contributed by atoms with Crippen LogP contribution in [0.3, 0.4) is 0 Å². The minimum Gasteiger partial charge on any atom is -0.459 e. The predicted octanol–water partition coefficient (Wildman–Crippen LogP) is 2.02. The number of esters is 1. The second kappa shape index (κ2) is 5.23. The number of rotatable bonds is 2. The van der Waals surface area contributed by atoms with E-state index in [0.717, 1.165) is 0 Å². The fraction of sp³-hybridized carbons (Fsp3) is 0.182. The maximum atomic E-state index is 12.1. The van der Waals surface area contributed by atoms with E-state index >= 15 is 0 Å². The van der Waals surface area contributed by atoms with Crippen LogP contribution < -0.4 is 5.56 Å². The van der Waals surface area contributed by atoms with Crippen LogP contribution in [0.15, 0.2) is 23.1 Å². The van der Waals surface area contributed by atoms with Gasteiger partial charge >= 0.3 is 5.97 Å². The van der Waals surface area contributed by atoms with Crippen molar-refractivity contribution in [2.75, 3.05) is 0 Å². The maximum Gasteiger partial charge on any atom is 0.303 e. The highest BCUT2D eigenvalue weighted by atomic mass is 127. The zero-order valence-corrected chi connectivity index (χ0v) is 12.2. The van der Waals surface area contributed by atoms with E-state index in [2.05, 4.69) is 4.98 Å². The second-order valence-electron chi connectivity index (χ2n) is 3.53. The van der Waals surface area contributed by atoms with E-state index < -0.39 is 5.97 Å². The van der Waals surface area contributed by atoms with Gasteiger partial charge in [0.05, 0.1) is 10.7 Å². The maximum absolute atomic E-state index is 12.1. The fourth-order valence-corrected chi connectivity index (χ4v) is 2.10. The van der Waals surface area contributed by atoms with E-state index in [4.69, 9.17) is 16.3 Å². The molecule has 0 atom stereocenters. The zero-order chi connectivity index (χ0) is 13.3. The number of hydrogen-bond donors (Lipinski definition) is 0. The van der Waals surface area contributed by atoms with Crippen LogP contribution in [0.2, 0.25) is 5.02 Å². The van der Waals surface area contributed by atoms with Crippen LogP contribution in [0.1, 0.15) is 12.6 Å². The summed E-state index contributed by atoms with van der Waals surface area (Å²) >= 11 is 7.71. The lowest BCUT2D eigenvalue weighted by molar-refractivity contribution is -0.142. The van der Waals surface area contributed by atoms with Crippen LogP contribution in [0, 0.1) is 3.57 Å². The Morgan fingerprint density at radius 2 is 2.28 bits per heavy atom. The highest BCUT2D eigenvalue weighted by Gasteiger charge is 2.11. The molecule has 94 valence electrons. The topological polar surface area (TPSA) is 60.7 Å². The molecule has 0 fully saturated rings. The molecule has 0 aliphatic carbocycles. The molecule has 2 aromatic rings. The molecule has 7 heteroatoms. The molecule has 0 saturated carbocycles. The summed E-state index contributed by atoms with van der Waals surface area (Å²) in [4.78, 5) is 27.1. The van der Waals surface area contributed by atoms with Crippen molar-refractivity contribution in [2.24, 2.45) is 0 Å². The first-order valence-electron chi connectivity index (χ1n) is 4.98. The highest BCUT2D eigenvalue weighted by Crippen LogP contribution is 2.12. The highest BCUT2D eigenvalue weighted by molar-refractivity contribution is 14.1. The van der Waals surface area contributed by atoms with Crippen LogP contribution in [-0.4, -0.2) is 15.4 Å². The molecule has 2 rings (SSSR count). The lowest BCUT2D eigenvalue weighted by Crippen LogP contribution is -2.21. The first kappa shape index (κ1) is 13.3. The number of carbonyl (C=O) groups is 1. The molecule has 0 N–H and O–H groups in total. The summed E-state index contributed by atoms with van der Waals surface area (Å²) < 4.78 is 6.63. The molecule has 0 aromatic carbocycles. The van der Waals surface area contributed by atoms with E-state index in [0.29, 0.717) is 19.9 Å².